The summed E-state index contributed by atoms with van der Waals surface area (Å²) in [5.74, 6) is -0.189. The van der Waals surface area contributed by atoms with E-state index in [1.54, 1.807) is 6.07 Å². The van der Waals surface area contributed by atoms with Gasteiger partial charge in [-0.15, -0.1) is 0 Å². The minimum atomic E-state index is -0.189. The molecule has 0 fully saturated rings. The molecular formula is C13H17BrFN. The van der Waals surface area contributed by atoms with Crippen LogP contribution in [0.4, 0.5) is 4.39 Å². The van der Waals surface area contributed by atoms with E-state index < -0.39 is 0 Å². The molecule has 0 aliphatic heterocycles. The Morgan fingerprint density at radius 2 is 2.12 bits per heavy atom. The molecule has 0 bridgehead atoms. The fourth-order valence-corrected chi connectivity index (χ4v) is 1.94. The summed E-state index contributed by atoms with van der Waals surface area (Å²) in [5.41, 5.74) is 0.992. The van der Waals surface area contributed by atoms with Gasteiger partial charge in [0.2, 0.25) is 0 Å². The molecule has 0 spiro atoms. The van der Waals surface area contributed by atoms with Crippen molar-refractivity contribution in [1.29, 1.82) is 0 Å². The number of halogens is 2. The zero-order valence-corrected chi connectivity index (χ0v) is 11.1. The summed E-state index contributed by atoms with van der Waals surface area (Å²) in [6.07, 6.45) is 6.01. The molecule has 0 aromatic heterocycles. The van der Waals surface area contributed by atoms with Gasteiger partial charge in [-0.1, -0.05) is 35.0 Å². The Morgan fingerprint density at radius 3 is 2.81 bits per heavy atom. The Labute approximate surface area is 105 Å². The van der Waals surface area contributed by atoms with Crippen LogP contribution in [0.15, 0.2) is 34.8 Å². The van der Waals surface area contributed by atoms with E-state index in [0.717, 1.165) is 36.0 Å². The lowest BCUT2D eigenvalue weighted by molar-refractivity contribution is 0.625. The maximum Gasteiger partial charge on any atom is 0.124 e. The summed E-state index contributed by atoms with van der Waals surface area (Å²) in [6, 6.07) is 4.98. The number of allylic oxidation sites excluding steroid dienone is 1. The van der Waals surface area contributed by atoms with Crippen LogP contribution in [0.1, 0.15) is 18.9 Å². The molecule has 1 aromatic rings. The summed E-state index contributed by atoms with van der Waals surface area (Å²) >= 11 is 3.28. The van der Waals surface area contributed by atoms with Crippen molar-refractivity contribution < 1.29 is 4.39 Å². The van der Waals surface area contributed by atoms with Gasteiger partial charge in [0.25, 0.3) is 0 Å². The smallest absolute Gasteiger partial charge is 0.124 e. The first-order chi connectivity index (χ1) is 7.72. The van der Waals surface area contributed by atoms with E-state index in [9.17, 15) is 4.39 Å². The fourth-order valence-electron chi connectivity index (χ4n) is 1.43. The van der Waals surface area contributed by atoms with Crippen LogP contribution >= 0.6 is 15.9 Å². The highest BCUT2D eigenvalue weighted by Crippen LogP contribution is 2.15. The van der Waals surface area contributed by atoms with E-state index in [0.29, 0.717) is 0 Å². The standard InChI is InChI=1S/C13H17BrFN/c1-2-16-7-5-3-4-6-11-8-12(14)10-13(15)9-11/h3-4,8-10,16H,2,5-7H2,1H3. The quantitative estimate of drug-likeness (QED) is 0.621. The Kier molecular flexibility index (Phi) is 6.34. The van der Waals surface area contributed by atoms with Gasteiger partial charge in [-0.25, -0.2) is 4.39 Å². The second kappa shape index (κ2) is 7.58. The SMILES string of the molecule is CCNCCC=CCc1cc(F)cc(Br)c1. The van der Waals surface area contributed by atoms with Gasteiger partial charge < -0.3 is 5.32 Å². The van der Waals surface area contributed by atoms with Crippen LogP contribution < -0.4 is 5.32 Å². The van der Waals surface area contributed by atoms with Crippen molar-refractivity contribution in [2.45, 2.75) is 19.8 Å². The Balaban J connectivity index is 2.36. The van der Waals surface area contributed by atoms with Crippen LogP contribution in [0.25, 0.3) is 0 Å². The summed E-state index contributed by atoms with van der Waals surface area (Å²) < 4.78 is 13.8. The minimum absolute atomic E-state index is 0.189. The third-order valence-corrected chi connectivity index (χ3v) is 2.64. The van der Waals surface area contributed by atoms with Crippen molar-refractivity contribution >= 4 is 15.9 Å². The second-order valence-electron chi connectivity index (χ2n) is 3.60. The van der Waals surface area contributed by atoms with E-state index in [-0.39, 0.29) is 5.82 Å². The van der Waals surface area contributed by atoms with Gasteiger partial charge >= 0.3 is 0 Å². The van der Waals surface area contributed by atoms with E-state index in [1.807, 2.05) is 6.07 Å². The first-order valence-corrected chi connectivity index (χ1v) is 6.32. The van der Waals surface area contributed by atoms with Crippen molar-refractivity contribution in [2.24, 2.45) is 0 Å². The Hall–Kier alpha value is -0.670. The molecule has 0 amide bonds. The number of benzene rings is 1. The second-order valence-corrected chi connectivity index (χ2v) is 4.51. The van der Waals surface area contributed by atoms with Crippen LogP contribution in [-0.2, 0) is 6.42 Å². The zero-order chi connectivity index (χ0) is 11.8. The third-order valence-electron chi connectivity index (χ3n) is 2.18. The fraction of sp³-hybridized carbons (Fsp3) is 0.385. The molecule has 0 aliphatic carbocycles. The highest BCUT2D eigenvalue weighted by molar-refractivity contribution is 9.10. The summed E-state index contributed by atoms with van der Waals surface area (Å²) in [7, 11) is 0. The van der Waals surface area contributed by atoms with Crippen LogP contribution in [0.3, 0.4) is 0 Å². The van der Waals surface area contributed by atoms with Gasteiger partial charge in [0, 0.05) is 4.47 Å². The minimum Gasteiger partial charge on any atom is -0.317 e. The molecule has 16 heavy (non-hydrogen) atoms. The molecule has 0 saturated heterocycles. The van der Waals surface area contributed by atoms with Crippen molar-refractivity contribution in [1.82, 2.24) is 5.32 Å². The molecule has 0 atom stereocenters. The highest BCUT2D eigenvalue weighted by atomic mass is 79.9. The first kappa shape index (κ1) is 13.4. The molecule has 1 rings (SSSR count). The number of rotatable bonds is 6. The highest BCUT2D eigenvalue weighted by Gasteiger charge is 1.96. The predicted octanol–water partition coefficient (Wildman–Crippen LogP) is 3.69. The van der Waals surface area contributed by atoms with Crippen LogP contribution in [0.5, 0.6) is 0 Å². The van der Waals surface area contributed by atoms with Gasteiger partial charge in [0.1, 0.15) is 5.82 Å². The van der Waals surface area contributed by atoms with Crippen molar-refractivity contribution in [2.75, 3.05) is 13.1 Å². The van der Waals surface area contributed by atoms with Gasteiger partial charge in [-0.2, -0.15) is 0 Å². The van der Waals surface area contributed by atoms with E-state index in [4.69, 9.17) is 0 Å². The first-order valence-electron chi connectivity index (χ1n) is 5.53. The lowest BCUT2D eigenvalue weighted by atomic mass is 10.1. The Morgan fingerprint density at radius 1 is 1.31 bits per heavy atom. The van der Waals surface area contributed by atoms with E-state index >= 15 is 0 Å². The maximum atomic E-state index is 13.0. The molecular weight excluding hydrogens is 269 g/mol. The molecule has 0 saturated carbocycles. The zero-order valence-electron chi connectivity index (χ0n) is 9.47. The molecule has 0 aliphatic rings. The molecule has 1 aromatic carbocycles. The average molecular weight is 286 g/mol. The van der Waals surface area contributed by atoms with Crippen LogP contribution in [0.2, 0.25) is 0 Å². The van der Waals surface area contributed by atoms with E-state index in [2.05, 4.69) is 40.3 Å². The normalized spacial score (nSPS) is 11.2. The van der Waals surface area contributed by atoms with Crippen LogP contribution in [-0.4, -0.2) is 13.1 Å². The van der Waals surface area contributed by atoms with Gasteiger partial charge in [0.15, 0.2) is 0 Å². The molecule has 0 unspecified atom stereocenters. The summed E-state index contributed by atoms with van der Waals surface area (Å²) in [4.78, 5) is 0. The topological polar surface area (TPSA) is 12.0 Å². The predicted molar refractivity (Wildman–Crippen MR) is 70.1 cm³/mol. The van der Waals surface area contributed by atoms with Crippen molar-refractivity contribution in [3.05, 3.63) is 46.2 Å². The van der Waals surface area contributed by atoms with Crippen LogP contribution in [0, 0.1) is 5.82 Å². The summed E-state index contributed by atoms with van der Waals surface area (Å²) in [5, 5.41) is 3.25. The number of hydrogen-bond donors (Lipinski definition) is 1. The molecule has 1 N–H and O–H groups in total. The molecule has 3 heteroatoms. The van der Waals surface area contributed by atoms with Gasteiger partial charge in [-0.3, -0.25) is 0 Å². The molecule has 0 heterocycles. The monoisotopic (exact) mass is 285 g/mol. The maximum absolute atomic E-state index is 13.0. The Bertz CT molecular complexity index is 330. The number of nitrogens with one attached hydrogen (secondary N) is 1. The van der Waals surface area contributed by atoms with Gasteiger partial charge in [-0.05, 0) is 49.7 Å². The van der Waals surface area contributed by atoms with Crippen molar-refractivity contribution in [3.8, 4) is 0 Å². The molecule has 1 nitrogen and oxygen atoms in total. The number of hydrogen-bond acceptors (Lipinski definition) is 1. The van der Waals surface area contributed by atoms with Gasteiger partial charge in [0.05, 0.1) is 0 Å². The molecule has 0 radical (unpaired) electrons. The largest absolute Gasteiger partial charge is 0.317 e. The van der Waals surface area contributed by atoms with Crippen molar-refractivity contribution in [3.63, 3.8) is 0 Å². The van der Waals surface area contributed by atoms with E-state index in [1.165, 1.54) is 6.07 Å². The lowest BCUT2D eigenvalue weighted by Gasteiger charge is -1.99. The lowest BCUT2D eigenvalue weighted by Crippen LogP contribution is -2.12. The third kappa shape index (κ3) is 5.42. The molecule has 88 valence electrons. The average Bonchev–Trinajstić information content (AvgIpc) is 2.22. The summed E-state index contributed by atoms with van der Waals surface area (Å²) in [6.45, 7) is 4.10.